The first kappa shape index (κ1) is 17.3. The average Bonchev–Trinajstić information content (AvgIpc) is 2.99. The number of benzene rings is 1. The van der Waals surface area contributed by atoms with E-state index in [9.17, 15) is 0 Å². The van der Waals surface area contributed by atoms with Crippen molar-refractivity contribution in [3.63, 3.8) is 0 Å². The molecule has 2 N–H and O–H groups in total. The number of likely N-dealkylation sites (tertiary alicyclic amines) is 1. The second kappa shape index (κ2) is 8.52. The minimum Gasteiger partial charge on any atom is -0.388 e. The Labute approximate surface area is 146 Å². The summed E-state index contributed by atoms with van der Waals surface area (Å²) in [6.45, 7) is 5.76. The molecule has 2 aliphatic rings. The van der Waals surface area contributed by atoms with Crippen LogP contribution in [0.3, 0.4) is 0 Å². The maximum absolute atomic E-state index is 8.51. The van der Waals surface area contributed by atoms with Crippen molar-refractivity contribution in [1.29, 1.82) is 5.41 Å². The Bertz CT molecular complexity index is 541. The van der Waals surface area contributed by atoms with Gasteiger partial charge in [-0.15, -0.1) is 0 Å². The summed E-state index contributed by atoms with van der Waals surface area (Å²) >= 11 is 0. The molecular formula is C20H32N4. The van der Waals surface area contributed by atoms with Gasteiger partial charge in [0.15, 0.2) is 0 Å². The van der Waals surface area contributed by atoms with Crippen LogP contribution >= 0.6 is 0 Å². The van der Waals surface area contributed by atoms with Gasteiger partial charge in [0.05, 0.1) is 0 Å². The van der Waals surface area contributed by atoms with Crippen LogP contribution in [0.15, 0.2) is 18.2 Å². The fourth-order valence-electron chi connectivity index (χ4n) is 3.94. The first-order chi connectivity index (χ1) is 11.8. The minimum atomic E-state index is 0.758. The first-order valence-corrected chi connectivity index (χ1v) is 9.65. The van der Waals surface area contributed by atoms with E-state index in [4.69, 9.17) is 5.41 Å². The van der Waals surface area contributed by atoms with Crippen LogP contribution in [0, 0.1) is 5.41 Å². The van der Waals surface area contributed by atoms with E-state index in [1.165, 1.54) is 57.3 Å². The lowest BCUT2D eigenvalue weighted by molar-refractivity contribution is 0.349. The number of hydrogen-bond donors (Lipinski definition) is 2. The second-order valence-electron chi connectivity index (χ2n) is 7.16. The SMILES string of the molecule is CNc1cc(N2CCCCCC2)ccc1C(=N)CCN1CCCC1. The third-order valence-electron chi connectivity index (χ3n) is 5.45. The van der Waals surface area contributed by atoms with E-state index < -0.39 is 0 Å². The summed E-state index contributed by atoms with van der Waals surface area (Å²) in [5.41, 5.74) is 4.23. The third kappa shape index (κ3) is 4.29. The summed E-state index contributed by atoms with van der Waals surface area (Å²) in [7, 11) is 1.97. The fraction of sp³-hybridized carbons (Fsp3) is 0.650. The Morgan fingerprint density at radius 2 is 1.67 bits per heavy atom. The maximum Gasteiger partial charge on any atom is 0.0450 e. The molecule has 4 heteroatoms. The molecule has 0 radical (unpaired) electrons. The van der Waals surface area contributed by atoms with Gasteiger partial charge in [-0.1, -0.05) is 12.8 Å². The van der Waals surface area contributed by atoms with Crippen molar-refractivity contribution in [3.05, 3.63) is 23.8 Å². The van der Waals surface area contributed by atoms with Crippen molar-refractivity contribution in [1.82, 2.24) is 4.90 Å². The van der Waals surface area contributed by atoms with Gasteiger partial charge in [-0.3, -0.25) is 0 Å². The molecule has 0 amide bonds. The second-order valence-corrected chi connectivity index (χ2v) is 7.16. The van der Waals surface area contributed by atoms with Gasteiger partial charge in [0.25, 0.3) is 0 Å². The number of rotatable bonds is 6. The molecule has 1 aromatic carbocycles. The Hall–Kier alpha value is -1.55. The normalized spacial score (nSPS) is 19.3. The van der Waals surface area contributed by atoms with Crippen LogP contribution in [0.4, 0.5) is 11.4 Å². The van der Waals surface area contributed by atoms with Crippen LogP contribution in [0.5, 0.6) is 0 Å². The van der Waals surface area contributed by atoms with Crippen LogP contribution in [0.25, 0.3) is 0 Å². The van der Waals surface area contributed by atoms with Gasteiger partial charge in [0, 0.05) is 55.8 Å². The molecule has 1 aromatic rings. The van der Waals surface area contributed by atoms with Crippen molar-refractivity contribution < 1.29 is 0 Å². The van der Waals surface area contributed by atoms with E-state index in [0.29, 0.717) is 0 Å². The van der Waals surface area contributed by atoms with E-state index in [1.807, 2.05) is 7.05 Å². The van der Waals surface area contributed by atoms with Gasteiger partial charge in [-0.05, 0) is 57.0 Å². The van der Waals surface area contributed by atoms with E-state index in [1.54, 1.807) is 0 Å². The number of nitrogens with one attached hydrogen (secondary N) is 2. The van der Waals surface area contributed by atoms with E-state index in [0.717, 1.165) is 43.0 Å². The molecule has 2 heterocycles. The highest BCUT2D eigenvalue weighted by molar-refractivity contribution is 6.03. The molecule has 132 valence electrons. The fourth-order valence-corrected chi connectivity index (χ4v) is 3.94. The van der Waals surface area contributed by atoms with Crippen molar-refractivity contribution in [3.8, 4) is 0 Å². The Kier molecular flexibility index (Phi) is 6.13. The lowest BCUT2D eigenvalue weighted by Crippen LogP contribution is -2.24. The molecule has 0 saturated carbocycles. The summed E-state index contributed by atoms with van der Waals surface area (Å²) in [5, 5.41) is 11.8. The molecular weight excluding hydrogens is 296 g/mol. The summed E-state index contributed by atoms with van der Waals surface area (Å²) in [6.07, 6.45) is 8.78. The summed E-state index contributed by atoms with van der Waals surface area (Å²) in [4.78, 5) is 4.99. The van der Waals surface area contributed by atoms with Crippen molar-refractivity contribution in [2.45, 2.75) is 44.9 Å². The summed E-state index contributed by atoms with van der Waals surface area (Å²) < 4.78 is 0. The van der Waals surface area contributed by atoms with Gasteiger partial charge >= 0.3 is 0 Å². The predicted octanol–water partition coefficient (Wildman–Crippen LogP) is 3.96. The van der Waals surface area contributed by atoms with Crippen molar-refractivity contribution >= 4 is 17.1 Å². The number of hydrogen-bond acceptors (Lipinski definition) is 4. The molecule has 4 nitrogen and oxygen atoms in total. The van der Waals surface area contributed by atoms with E-state index in [-0.39, 0.29) is 0 Å². The highest BCUT2D eigenvalue weighted by atomic mass is 15.1. The lowest BCUT2D eigenvalue weighted by atomic mass is 10.0. The van der Waals surface area contributed by atoms with Crippen LogP contribution in [-0.2, 0) is 0 Å². The third-order valence-corrected chi connectivity index (χ3v) is 5.45. The quantitative estimate of drug-likeness (QED) is 0.777. The Morgan fingerprint density at radius 1 is 1.00 bits per heavy atom. The van der Waals surface area contributed by atoms with Gasteiger partial charge in [0.1, 0.15) is 0 Å². The van der Waals surface area contributed by atoms with Crippen LogP contribution in [-0.4, -0.2) is 50.4 Å². The zero-order valence-corrected chi connectivity index (χ0v) is 15.1. The number of nitrogens with zero attached hydrogens (tertiary/aromatic N) is 2. The summed E-state index contributed by atoms with van der Waals surface area (Å²) in [5.74, 6) is 0. The van der Waals surface area contributed by atoms with Crippen molar-refractivity contribution in [2.75, 3.05) is 50.0 Å². The van der Waals surface area contributed by atoms with Gasteiger partial charge < -0.3 is 20.5 Å². The average molecular weight is 329 g/mol. The maximum atomic E-state index is 8.51. The molecule has 2 aliphatic heterocycles. The smallest absolute Gasteiger partial charge is 0.0450 e. The molecule has 0 atom stereocenters. The highest BCUT2D eigenvalue weighted by Gasteiger charge is 2.16. The number of anilines is 2. The zero-order valence-electron chi connectivity index (χ0n) is 15.1. The molecule has 0 unspecified atom stereocenters. The van der Waals surface area contributed by atoms with Gasteiger partial charge in [0.2, 0.25) is 0 Å². The largest absolute Gasteiger partial charge is 0.388 e. The Balaban J connectivity index is 1.67. The van der Waals surface area contributed by atoms with E-state index in [2.05, 4.69) is 33.3 Å². The van der Waals surface area contributed by atoms with Gasteiger partial charge in [-0.2, -0.15) is 0 Å². The molecule has 2 fully saturated rings. The molecule has 0 bridgehead atoms. The molecule has 0 aromatic heterocycles. The van der Waals surface area contributed by atoms with E-state index >= 15 is 0 Å². The molecule has 0 spiro atoms. The lowest BCUT2D eigenvalue weighted by Gasteiger charge is -2.24. The van der Waals surface area contributed by atoms with Gasteiger partial charge in [-0.25, -0.2) is 0 Å². The van der Waals surface area contributed by atoms with Crippen LogP contribution < -0.4 is 10.2 Å². The molecule has 24 heavy (non-hydrogen) atoms. The predicted molar refractivity (Wildman–Crippen MR) is 104 cm³/mol. The highest BCUT2D eigenvalue weighted by Crippen LogP contribution is 2.27. The molecule has 0 aliphatic carbocycles. The summed E-state index contributed by atoms with van der Waals surface area (Å²) in [6, 6.07) is 6.61. The zero-order chi connectivity index (χ0) is 16.8. The topological polar surface area (TPSA) is 42.4 Å². The molecule has 2 saturated heterocycles. The van der Waals surface area contributed by atoms with Crippen molar-refractivity contribution in [2.24, 2.45) is 0 Å². The Morgan fingerprint density at radius 3 is 2.33 bits per heavy atom. The minimum absolute atomic E-state index is 0.758. The standard InChI is InChI=1S/C20H32N4/c1-22-20-16-17(24-13-4-2-3-5-14-24)8-9-18(20)19(21)10-15-23-11-6-7-12-23/h8-9,16,21-22H,2-7,10-15H2,1H3. The van der Waals surface area contributed by atoms with Crippen LogP contribution in [0.2, 0.25) is 0 Å². The first-order valence-electron chi connectivity index (χ1n) is 9.65. The molecule has 3 rings (SSSR count). The monoisotopic (exact) mass is 328 g/mol. The van der Waals surface area contributed by atoms with Crippen LogP contribution in [0.1, 0.15) is 50.5 Å².